The highest BCUT2D eigenvalue weighted by molar-refractivity contribution is 5.96. The van der Waals surface area contributed by atoms with Crippen molar-refractivity contribution in [2.75, 3.05) is 27.2 Å². The number of methoxy groups -OCH3 is 1. The number of hydrogen-bond donors (Lipinski definition) is 5. The molecule has 2 rings (SSSR count). The van der Waals surface area contributed by atoms with Gasteiger partial charge in [-0.05, 0) is 51.3 Å². The number of phenols is 1. The molecule has 33 heavy (non-hydrogen) atoms. The molecule has 0 radical (unpaired) electrons. The van der Waals surface area contributed by atoms with E-state index in [9.17, 15) is 13.9 Å². The third-order valence-corrected chi connectivity index (χ3v) is 5.28. The largest absolute Gasteiger partial charge is 0.505 e. The molecule has 1 aromatic carbocycles. The van der Waals surface area contributed by atoms with Gasteiger partial charge in [0.1, 0.15) is 0 Å². The topological polar surface area (TPSA) is 114 Å². The minimum Gasteiger partial charge on any atom is -0.505 e. The summed E-state index contributed by atoms with van der Waals surface area (Å²) in [5, 5.41) is 26.9. The first-order valence-electron chi connectivity index (χ1n) is 10.8. The Kier molecular flexibility index (Phi) is 10.5. The minimum atomic E-state index is -1.000. The van der Waals surface area contributed by atoms with Crippen LogP contribution < -0.4 is 20.7 Å². The Labute approximate surface area is 193 Å². The van der Waals surface area contributed by atoms with Gasteiger partial charge in [-0.2, -0.15) is 0 Å². The summed E-state index contributed by atoms with van der Waals surface area (Å²) in [6.07, 6.45) is 8.53. The number of nitrogens with zero attached hydrogens (tertiary/aromatic N) is 2. The number of nitrogens with one attached hydrogen (secondary N) is 4. The predicted molar refractivity (Wildman–Crippen MR) is 128 cm³/mol. The zero-order valence-corrected chi connectivity index (χ0v) is 19.2. The molecule has 0 aromatic heterocycles. The molecular formula is C23H32F2N6O2. The molecule has 0 amide bonds. The first-order valence-corrected chi connectivity index (χ1v) is 10.8. The smallest absolute Gasteiger partial charge is 0.222 e. The highest BCUT2D eigenvalue weighted by Crippen LogP contribution is 2.31. The van der Waals surface area contributed by atoms with E-state index in [1.165, 1.54) is 13.3 Å². The van der Waals surface area contributed by atoms with Gasteiger partial charge in [0.25, 0.3) is 0 Å². The number of aromatic hydroxyl groups is 1. The molecule has 0 unspecified atom stereocenters. The van der Waals surface area contributed by atoms with Crippen LogP contribution in [-0.4, -0.2) is 56.8 Å². The lowest BCUT2D eigenvalue weighted by atomic mass is 10.0. The van der Waals surface area contributed by atoms with Gasteiger partial charge in [-0.3, -0.25) is 4.99 Å². The third kappa shape index (κ3) is 7.67. The lowest BCUT2D eigenvalue weighted by Crippen LogP contribution is -2.38. The van der Waals surface area contributed by atoms with Crippen LogP contribution in [0.2, 0.25) is 0 Å². The molecule has 5 N–H and O–H groups in total. The van der Waals surface area contributed by atoms with Crippen molar-refractivity contribution in [3.05, 3.63) is 46.8 Å². The number of allylic oxidation sites excluding steroid dienone is 3. The van der Waals surface area contributed by atoms with E-state index in [1.807, 2.05) is 0 Å². The van der Waals surface area contributed by atoms with Crippen molar-refractivity contribution in [1.82, 2.24) is 16.0 Å². The van der Waals surface area contributed by atoms with E-state index in [0.29, 0.717) is 17.3 Å². The highest BCUT2D eigenvalue weighted by Gasteiger charge is 2.19. The molecule has 0 aliphatic carbocycles. The zero-order valence-electron chi connectivity index (χ0n) is 19.2. The van der Waals surface area contributed by atoms with Crippen LogP contribution >= 0.6 is 0 Å². The summed E-state index contributed by atoms with van der Waals surface area (Å²) in [5.41, 5.74) is 0.969. The number of guanidine groups is 1. The van der Waals surface area contributed by atoms with Gasteiger partial charge in [0, 0.05) is 43.3 Å². The van der Waals surface area contributed by atoms with Gasteiger partial charge in [0.15, 0.2) is 23.1 Å². The predicted octanol–water partition coefficient (Wildman–Crippen LogP) is 3.04. The average molecular weight is 463 g/mol. The number of hydrogen-bond acceptors (Lipinski definition) is 6. The van der Waals surface area contributed by atoms with Crippen LogP contribution in [0.1, 0.15) is 31.7 Å². The van der Waals surface area contributed by atoms with Crippen molar-refractivity contribution < 1.29 is 18.6 Å². The van der Waals surface area contributed by atoms with Gasteiger partial charge in [0.05, 0.1) is 12.8 Å². The van der Waals surface area contributed by atoms with E-state index in [-0.39, 0.29) is 30.1 Å². The summed E-state index contributed by atoms with van der Waals surface area (Å²) < 4.78 is 33.5. The van der Waals surface area contributed by atoms with Crippen LogP contribution in [0.15, 0.2) is 39.6 Å². The Morgan fingerprint density at radius 2 is 2.06 bits per heavy atom. The molecule has 0 saturated carbocycles. The van der Waals surface area contributed by atoms with Crippen molar-refractivity contribution in [2.24, 2.45) is 9.98 Å². The molecule has 1 heterocycles. The molecule has 0 atom stereocenters. The van der Waals surface area contributed by atoms with Crippen molar-refractivity contribution in [2.45, 2.75) is 38.6 Å². The monoisotopic (exact) mass is 462 g/mol. The fourth-order valence-corrected chi connectivity index (χ4v) is 3.30. The molecule has 0 spiro atoms. The van der Waals surface area contributed by atoms with Crippen LogP contribution in [-0.2, 0) is 6.42 Å². The summed E-state index contributed by atoms with van der Waals surface area (Å²) >= 11 is 0. The SMILES string of the molecule is C\C=C(/C=N\C(=N/C)N/C(C=N)=C/NC1CCNCC1)CCc1c(F)c(O)cc(OC)c1F. The Balaban J connectivity index is 2.02. The lowest BCUT2D eigenvalue weighted by molar-refractivity contribution is 0.365. The second-order valence-electron chi connectivity index (χ2n) is 7.43. The van der Waals surface area contributed by atoms with E-state index >= 15 is 0 Å². The maximum absolute atomic E-state index is 14.4. The number of piperidine rings is 1. The van der Waals surface area contributed by atoms with E-state index < -0.39 is 17.4 Å². The molecule has 1 aromatic rings. The Morgan fingerprint density at radius 3 is 2.67 bits per heavy atom. The molecular weight excluding hydrogens is 430 g/mol. The lowest BCUT2D eigenvalue weighted by Gasteiger charge is -2.23. The summed E-state index contributed by atoms with van der Waals surface area (Å²) in [5.74, 6) is -2.42. The molecule has 180 valence electrons. The second kappa shape index (κ2) is 13.3. The van der Waals surface area contributed by atoms with E-state index in [2.05, 4.69) is 25.9 Å². The number of halogens is 2. The molecule has 1 saturated heterocycles. The van der Waals surface area contributed by atoms with Gasteiger partial charge in [-0.25, -0.2) is 13.8 Å². The number of benzene rings is 1. The van der Waals surface area contributed by atoms with E-state index in [0.717, 1.165) is 32.0 Å². The van der Waals surface area contributed by atoms with Crippen molar-refractivity contribution in [3.63, 3.8) is 0 Å². The normalized spacial score (nSPS) is 16.2. The van der Waals surface area contributed by atoms with Crippen molar-refractivity contribution >= 4 is 18.4 Å². The van der Waals surface area contributed by atoms with Crippen molar-refractivity contribution in [1.29, 1.82) is 5.41 Å². The number of ether oxygens (including phenoxy) is 1. The van der Waals surface area contributed by atoms with Gasteiger partial charge in [-0.1, -0.05) is 6.08 Å². The summed E-state index contributed by atoms with van der Waals surface area (Å²) in [6, 6.07) is 1.26. The maximum atomic E-state index is 14.4. The molecule has 1 aliphatic rings. The fourth-order valence-electron chi connectivity index (χ4n) is 3.30. The standard InChI is InChI=1S/C23H32F2N6O2/c1-4-15(5-6-18-21(24)19(32)11-20(33-3)22(18)25)13-30-23(27-2)31-17(12-26)14-29-16-7-9-28-10-8-16/h4,11-14,16,26,28-29,32H,5-10H2,1-3H3,(H,27,31)/b15-4-,17-14+,26-12?,30-13-. The minimum absolute atomic E-state index is 0.00592. The fraction of sp³-hybridized carbons (Fsp3) is 0.435. The number of aliphatic imine (C=N–C) groups is 2. The molecule has 8 nitrogen and oxygen atoms in total. The van der Waals surface area contributed by atoms with Crippen LogP contribution in [0.3, 0.4) is 0 Å². The van der Waals surface area contributed by atoms with Gasteiger partial charge in [-0.15, -0.1) is 0 Å². The molecule has 0 bridgehead atoms. The Hall–Kier alpha value is -3.27. The molecule has 10 heteroatoms. The molecule has 1 fully saturated rings. The Bertz CT molecular complexity index is 937. The van der Waals surface area contributed by atoms with Crippen LogP contribution in [0.4, 0.5) is 8.78 Å². The first kappa shape index (κ1) is 26.0. The number of phenolic OH excluding ortho intramolecular Hbond substituents is 1. The van der Waals surface area contributed by atoms with Gasteiger partial charge < -0.3 is 31.2 Å². The quantitative estimate of drug-likeness (QED) is 0.286. The van der Waals surface area contributed by atoms with Gasteiger partial charge >= 0.3 is 0 Å². The maximum Gasteiger partial charge on any atom is 0.222 e. The highest BCUT2D eigenvalue weighted by atomic mass is 19.1. The Morgan fingerprint density at radius 1 is 1.33 bits per heavy atom. The van der Waals surface area contributed by atoms with E-state index in [1.54, 1.807) is 32.5 Å². The molecule has 1 aliphatic heterocycles. The summed E-state index contributed by atoms with van der Waals surface area (Å²) in [4.78, 5) is 8.39. The first-order chi connectivity index (χ1) is 15.9. The van der Waals surface area contributed by atoms with Crippen LogP contribution in [0.25, 0.3) is 0 Å². The van der Waals surface area contributed by atoms with Crippen LogP contribution in [0, 0.1) is 17.0 Å². The van der Waals surface area contributed by atoms with Gasteiger partial charge in [0.2, 0.25) is 5.96 Å². The summed E-state index contributed by atoms with van der Waals surface area (Å²) in [6.45, 7) is 3.71. The second-order valence-corrected chi connectivity index (χ2v) is 7.43. The van der Waals surface area contributed by atoms with Crippen LogP contribution in [0.5, 0.6) is 11.5 Å². The zero-order chi connectivity index (χ0) is 24.2. The summed E-state index contributed by atoms with van der Waals surface area (Å²) in [7, 11) is 2.82. The third-order valence-electron chi connectivity index (χ3n) is 5.28. The van der Waals surface area contributed by atoms with Crippen molar-refractivity contribution in [3.8, 4) is 11.5 Å². The average Bonchev–Trinajstić information content (AvgIpc) is 2.84. The van der Waals surface area contributed by atoms with E-state index in [4.69, 9.17) is 10.1 Å². The number of rotatable bonds is 9.